The summed E-state index contributed by atoms with van der Waals surface area (Å²) in [5.74, 6) is -1.27. The van der Waals surface area contributed by atoms with Crippen molar-refractivity contribution in [2.45, 2.75) is 0 Å². The van der Waals surface area contributed by atoms with Crippen LogP contribution in [0.15, 0.2) is 78.3 Å². The summed E-state index contributed by atoms with van der Waals surface area (Å²) in [5, 5.41) is 18.6. The third-order valence-electron chi connectivity index (χ3n) is 4.64. The van der Waals surface area contributed by atoms with Crippen LogP contribution >= 0.6 is 22.9 Å². The van der Waals surface area contributed by atoms with Crippen molar-refractivity contribution in [1.82, 2.24) is 9.78 Å². The van der Waals surface area contributed by atoms with Crippen LogP contribution < -0.4 is 5.32 Å². The Balaban J connectivity index is 1.44. The lowest BCUT2D eigenvalue weighted by atomic mass is 10.2. The van der Waals surface area contributed by atoms with Gasteiger partial charge >= 0.3 is 5.97 Å². The Bertz CT molecular complexity index is 1390. The lowest BCUT2D eigenvalue weighted by molar-refractivity contribution is -0.142. The Morgan fingerprint density at radius 2 is 2.00 bits per heavy atom. The highest BCUT2D eigenvalue weighted by molar-refractivity contribution is 7.13. The van der Waals surface area contributed by atoms with Gasteiger partial charge in [-0.3, -0.25) is 4.79 Å². The normalized spacial score (nSPS) is 10.7. The predicted octanol–water partition coefficient (Wildman–Crippen LogP) is 5.32. The summed E-state index contributed by atoms with van der Waals surface area (Å²) in [6.07, 6.45) is 4.67. The number of anilines is 1. The maximum absolute atomic E-state index is 12.2. The van der Waals surface area contributed by atoms with Gasteiger partial charge in [0.15, 0.2) is 6.61 Å². The molecular formula is C25H17ClN4O3S. The van der Waals surface area contributed by atoms with Crippen molar-refractivity contribution in [3.8, 4) is 22.3 Å². The molecule has 0 unspecified atom stereocenters. The first-order valence-corrected chi connectivity index (χ1v) is 11.3. The largest absolute Gasteiger partial charge is 0.452 e. The summed E-state index contributed by atoms with van der Waals surface area (Å²) >= 11 is 7.45. The van der Waals surface area contributed by atoms with E-state index in [-0.39, 0.29) is 11.3 Å². The zero-order valence-electron chi connectivity index (χ0n) is 17.6. The predicted molar refractivity (Wildman–Crippen MR) is 132 cm³/mol. The molecule has 9 heteroatoms. The van der Waals surface area contributed by atoms with Crippen molar-refractivity contribution >= 4 is 46.6 Å². The number of aromatic nitrogens is 2. The average Bonchev–Trinajstić information content (AvgIpc) is 3.52. The first kappa shape index (κ1) is 23.0. The van der Waals surface area contributed by atoms with Crippen LogP contribution in [0.5, 0.6) is 0 Å². The number of halogens is 1. The molecule has 0 fully saturated rings. The number of carbonyl (C=O) groups is 2. The molecule has 0 spiro atoms. The van der Waals surface area contributed by atoms with Gasteiger partial charge in [-0.2, -0.15) is 10.4 Å². The monoisotopic (exact) mass is 488 g/mol. The zero-order valence-corrected chi connectivity index (χ0v) is 19.2. The summed E-state index contributed by atoms with van der Waals surface area (Å²) in [6, 6.07) is 20.0. The van der Waals surface area contributed by atoms with Crippen molar-refractivity contribution in [3.05, 3.63) is 94.5 Å². The molecule has 2 heterocycles. The summed E-state index contributed by atoms with van der Waals surface area (Å²) < 4.78 is 6.79. The molecule has 7 nitrogen and oxygen atoms in total. The minimum atomic E-state index is -0.689. The summed E-state index contributed by atoms with van der Waals surface area (Å²) in [4.78, 5) is 25.4. The fraction of sp³-hybridized carbons (Fsp3) is 0.0400. The summed E-state index contributed by atoms with van der Waals surface area (Å²) in [7, 11) is 0. The highest BCUT2D eigenvalue weighted by atomic mass is 35.5. The minimum absolute atomic E-state index is 0.250. The number of amides is 1. The van der Waals surface area contributed by atoms with Crippen LogP contribution in [-0.4, -0.2) is 28.3 Å². The highest BCUT2D eigenvalue weighted by Crippen LogP contribution is 2.28. The van der Waals surface area contributed by atoms with Gasteiger partial charge < -0.3 is 10.1 Å². The van der Waals surface area contributed by atoms with Gasteiger partial charge in [0, 0.05) is 22.9 Å². The van der Waals surface area contributed by atoms with E-state index >= 15 is 0 Å². The Hall–Kier alpha value is -4.19. The number of nitrogens with one attached hydrogen (secondary N) is 1. The third-order valence-corrected chi connectivity index (χ3v) is 5.75. The van der Waals surface area contributed by atoms with E-state index in [9.17, 15) is 9.59 Å². The Kier molecular flexibility index (Phi) is 7.18. The number of thiophene rings is 1. The van der Waals surface area contributed by atoms with E-state index in [1.54, 1.807) is 28.2 Å². The molecule has 168 valence electrons. The standard InChI is InChI=1S/C25H17ClN4O3S/c26-19-10-8-17(14-27)21(13-19)28-23(31)16-33-24(32)11-9-18-15-30(20-5-2-1-3-6-20)29-25(18)22-7-4-12-34-22/h1-13,15H,16H2,(H,28,31). The number of hydrogen-bond donors (Lipinski definition) is 1. The Morgan fingerprint density at radius 3 is 2.74 bits per heavy atom. The first-order chi connectivity index (χ1) is 16.5. The molecule has 34 heavy (non-hydrogen) atoms. The van der Waals surface area contributed by atoms with Gasteiger partial charge in [0.05, 0.1) is 21.8 Å². The van der Waals surface area contributed by atoms with E-state index in [4.69, 9.17) is 21.6 Å². The van der Waals surface area contributed by atoms with E-state index < -0.39 is 18.5 Å². The van der Waals surface area contributed by atoms with Crippen molar-refractivity contribution in [3.63, 3.8) is 0 Å². The van der Waals surface area contributed by atoms with Gasteiger partial charge in [0.1, 0.15) is 11.8 Å². The minimum Gasteiger partial charge on any atom is -0.452 e. The smallest absolute Gasteiger partial charge is 0.331 e. The summed E-state index contributed by atoms with van der Waals surface area (Å²) in [6.45, 7) is -0.512. The molecule has 0 aliphatic heterocycles. The molecule has 2 aromatic carbocycles. The molecule has 1 N–H and O–H groups in total. The number of rotatable bonds is 7. The van der Waals surface area contributed by atoms with E-state index in [1.165, 1.54) is 18.2 Å². The van der Waals surface area contributed by atoms with E-state index in [0.29, 0.717) is 5.02 Å². The van der Waals surface area contributed by atoms with Crippen molar-refractivity contribution in [2.75, 3.05) is 11.9 Å². The lowest BCUT2D eigenvalue weighted by Crippen LogP contribution is -2.20. The van der Waals surface area contributed by atoms with Gasteiger partial charge in [-0.1, -0.05) is 35.9 Å². The van der Waals surface area contributed by atoms with Crippen LogP contribution in [0.1, 0.15) is 11.1 Å². The fourth-order valence-electron chi connectivity index (χ4n) is 3.07. The number of nitriles is 1. The number of benzene rings is 2. The molecule has 4 aromatic rings. The van der Waals surface area contributed by atoms with E-state index in [1.807, 2.05) is 60.1 Å². The molecule has 0 atom stereocenters. The van der Waals surface area contributed by atoms with Crippen LogP contribution in [-0.2, 0) is 14.3 Å². The molecule has 4 rings (SSSR count). The molecular weight excluding hydrogens is 472 g/mol. The maximum atomic E-state index is 12.2. The van der Waals surface area contributed by atoms with Gasteiger partial charge in [-0.15, -0.1) is 11.3 Å². The van der Waals surface area contributed by atoms with Crippen LogP contribution in [0.3, 0.4) is 0 Å². The summed E-state index contributed by atoms with van der Waals surface area (Å²) in [5.41, 5.74) is 2.84. The lowest BCUT2D eigenvalue weighted by Gasteiger charge is -2.07. The molecule has 0 bridgehead atoms. The number of para-hydroxylation sites is 1. The van der Waals surface area contributed by atoms with E-state index in [2.05, 4.69) is 10.4 Å². The second-order valence-electron chi connectivity index (χ2n) is 6.98. The second-order valence-corrected chi connectivity index (χ2v) is 8.37. The van der Waals surface area contributed by atoms with Crippen molar-refractivity contribution in [2.24, 2.45) is 0 Å². The van der Waals surface area contributed by atoms with Crippen molar-refractivity contribution < 1.29 is 14.3 Å². The van der Waals surface area contributed by atoms with Gasteiger partial charge in [0.2, 0.25) is 0 Å². The number of esters is 1. The molecule has 0 aliphatic carbocycles. The second kappa shape index (κ2) is 10.6. The third kappa shape index (κ3) is 5.59. The molecule has 0 saturated carbocycles. The number of nitrogens with zero attached hydrogens (tertiary/aromatic N) is 3. The SMILES string of the molecule is N#Cc1ccc(Cl)cc1NC(=O)COC(=O)C=Cc1cn(-c2ccccc2)nc1-c1cccs1. The van der Waals surface area contributed by atoms with Crippen LogP contribution in [0, 0.1) is 11.3 Å². The fourth-order valence-corrected chi connectivity index (χ4v) is 3.98. The Labute approximate surface area is 204 Å². The van der Waals surface area contributed by atoms with Crippen LogP contribution in [0.25, 0.3) is 22.3 Å². The van der Waals surface area contributed by atoms with Gasteiger partial charge in [-0.05, 0) is 47.9 Å². The number of ether oxygens (including phenoxy) is 1. The molecule has 1 amide bonds. The average molecular weight is 489 g/mol. The molecule has 2 aromatic heterocycles. The maximum Gasteiger partial charge on any atom is 0.331 e. The first-order valence-electron chi connectivity index (χ1n) is 10.1. The van der Waals surface area contributed by atoms with Crippen LogP contribution in [0.2, 0.25) is 5.02 Å². The Morgan fingerprint density at radius 1 is 1.18 bits per heavy atom. The molecule has 0 aliphatic rings. The topological polar surface area (TPSA) is 97.0 Å². The van der Waals surface area contributed by atoms with E-state index in [0.717, 1.165) is 21.8 Å². The molecule has 0 radical (unpaired) electrons. The number of carbonyl (C=O) groups excluding carboxylic acids is 2. The molecule has 0 saturated heterocycles. The van der Waals surface area contributed by atoms with Gasteiger partial charge in [-0.25, -0.2) is 9.48 Å². The van der Waals surface area contributed by atoms with Crippen LogP contribution in [0.4, 0.5) is 5.69 Å². The van der Waals surface area contributed by atoms with Gasteiger partial charge in [0.25, 0.3) is 5.91 Å². The number of hydrogen-bond acceptors (Lipinski definition) is 6. The zero-order chi connectivity index (χ0) is 23.9. The van der Waals surface area contributed by atoms with Crippen molar-refractivity contribution in [1.29, 1.82) is 5.26 Å². The quantitative estimate of drug-likeness (QED) is 0.280. The highest BCUT2D eigenvalue weighted by Gasteiger charge is 2.13.